The number of hydrogen-bond donors (Lipinski definition) is 1. The molecule has 4 nitrogen and oxygen atoms in total. The van der Waals surface area contributed by atoms with Crippen LogP contribution in [-0.4, -0.2) is 40.9 Å². The second-order valence-corrected chi connectivity index (χ2v) is 4.53. The Morgan fingerprint density at radius 2 is 2.12 bits per heavy atom. The number of hydrogen-bond acceptors (Lipinski definition) is 3. The van der Waals surface area contributed by atoms with Crippen molar-refractivity contribution < 1.29 is 0 Å². The van der Waals surface area contributed by atoms with Gasteiger partial charge in [0.15, 0.2) is 0 Å². The van der Waals surface area contributed by atoms with Gasteiger partial charge in [0.1, 0.15) is 0 Å². The van der Waals surface area contributed by atoms with Crippen molar-refractivity contribution in [3.8, 4) is 0 Å². The van der Waals surface area contributed by atoms with Crippen LogP contribution in [0.5, 0.6) is 0 Å². The molecule has 1 aromatic rings. The summed E-state index contributed by atoms with van der Waals surface area (Å²) in [5.74, 6) is 0. The van der Waals surface area contributed by atoms with Crippen LogP contribution in [0.3, 0.4) is 0 Å². The number of nitrogens with one attached hydrogen (secondary N) is 1. The second-order valence-electron chi connectivity index (χ2n) is 4.53. The summed E-state index contributed by atoms with van der Waals surface area (Å²) in [7, 11) is 1.99. The van der Waals surface area contributed by atoms with E-state index in [0.717, 1.165) is 13.1 Å². The summed E-state index contributed by atoms with van der Waals surface area (Å²) in [6, 6.07) is 2.06. The molecule has 0 radical (unpaired) electrons. The molecule has 2 heterocycles. The summed E-state index contributed by atoms with van der Waals surface area (Å²) < 4.78 is 1.92. The molecule has 16 heavy (non-hydrogen) atoms. The largest absolute Gasteiger partial charge is 0.310 e. The van der Waals surface area contributed by atoms with E-state index < -0.39 is 0 Å². The molecule has 90 valence electrons. The monoisotopic (exact) mass is 222 g/mol. The van der Waals surface area contributed by atoms with E-state index in [1.54, 1.807) is 0 Å². The van der Waals surface area contributed by atoms with Crippen molar-refractivity contribution in [1.82, 2.24) is 20.0 Å². The predicted octanol–water partition coefficient (Wildman–Crippen LogP) is 0.996. The summed E-state index contributed by atoms with van der Waals surface area (Å²) >= 11 is 0. The van der Waals surface area contributed by atoms with Crippen LogP contribution in [0.4, 0.5) is 0 Å². The van der Waals surface area contributed by atoms with Gasteiger partial charge in [-0.3, -0.25) is 4.68 Å². The second kappa shape index (κ2) is 6.01. The average molecular weight is 222 g/mol. The molecule has 0 bridgehead atoms. The molecular weight excluding hydrogens is 200 g/mol. The van der Waals surface area contributed by atoms with Gasteiger partial charge in [-0.25, -0.2) is 0 Å². The number of aryl methyl sites for hydroxylation is 1. The van der Waals surface area contributed by atoms with Crippen molar-refractivity contribution in [3.05, 3.63) is 18.0 Å². The minimum absolute atomic E-state index is 0.921. The van der Waals surface area contributed by atoms with Crippen molar-refractivity contribution in [3.63, 3.8) is 0 Å². The van der Waals surface area contributed by atoms with E-state index in [9.17, 15) is 0 Å². The van der Waals surface area contributed by atoms with Crippen molar-refractivity contribution >= 4 is 0 Å². The highest BCUT2D eigenvalue weighted by molar-refractivity contribution is 4.98. The number of likely N-dealkylation sites (tertiary alicyclic amines) is 1. The number of rotatable bonds is 5. The Bertz CT molecular complexity index is 302. The smallest absolute Gasteiger partial charge is 0.0518 e. The van der Waals surface area contributed by atoms with Crippen LogP contribution < -0.4 is 5.32 Å². The van der Waals surface area contributed by atoms with E-state index >= 15 is 0 Å². The van der Waals surface area contributed by atoms with E-state index in [4.69, 9.17) is 0 Å². The minimum Gasteiger partial charge on any atom is -0.310 e. The third-order valence-electron chi connectivity index (χ3n) is 3.28. The fourth-order valence-corrected chi connectivity index (χ4v) is 2.21. The normalized spacial score (nSPS) is 17.8. The molecule has 1 aromatic heterocycles. The molecule has 0 spiro atoms. The van der Waals surface area contributed by atoms with Crippen LogP contribution >= 0.6 is 0 Å². The molecule has 1 N–H and O–H groups in total. The van der Waals surface area contributed by atoms with Crippen molar-refractivity contribution in [2.45, 2.75) is 25.8 Å². The molecular formula is C12H22N4. The van der Waals surface area contributed by atoms with E-state index in [1.807, 2.05) is 17.9 Å². The molecule has 0 aliphatic carbocycles. The SMILES string of the molecule is Cn1nccc1CNCCN1CCCCC1. The quantitative estimate of drug-likeness (QED) is 0.754. The number of nitrogens with zero attached hydrogens (tertiary/aromatic N) is 3. The Labute approximate surface area is 97.6 Å². The van der Waals surface area contributed by atoms with Gasteiger partial charge in [0, 0.05) is 32.9 Å². The highest BCUT2D eigenvalue weighted by Crippen LogP contribution is 2.07. The molecule has 0 amide bonds. The Kier molecular flexibility index (Phi) is 4.36. The zero-order valence-corrected chi connectivity index (χ0v) is 10.2. The van der Waals surface area contributed by atoms with Crippen LogP contribution in [-0.2, 0) is 13.6 Å². The molecule has 0 aromatic carbocycles. The molecule has 0 unspecified atom stereocenters. The summed E-state index contributed by atoms with van der Waals surface area (Å²) in [5.41, 5.74) is 1.25. The first-order valence-corrected chi connectivity index (χ1v) is 6.26. The van der Waals surface area contributed by atoms with E-state index in [1.165, 1.54) is 44.6 Å². The first-order valence-electron chi connectivity index (χ1n) is 6.26. The lowest BCUT2D eigenvalue weighted by atomic mass is 10.1. The maximum absolute atomic E-state index is 4.15. The highest BCUT2D eigenvalue weighted by atomic mass is 15.3. The predicted molar refractivity (Wildman–Crippen MR) is 65.2 cm³/mol. The van der Waals surface area contributed by atoms with Crippen molar-refractivity contribution in [2.75, 3.05) is 26.2 Å². The topological polar surface area (TPSA) is 33.1 Å². The minimum atomic E-state index is 0.921. The van der Waals surface area contributed by atoms with E-state index in [0.29, 0.717) is 0 Å². The summed E-state index contributed by atoms with van der Waals surface area (Å²) in [6.45, 7) is 5.74. The lowest BCUT2D eigenvalue weighted by Gasteiger charge is -2.26. The Hall–Kier alpha value is -0.870. The van der Waals surface area contributed by atoms with Crippen LogP contribution in [0.15, 0.2) is 12.3 Å². The standard InChI is InChI=1S/C12H22N4/c1-15-12(5-6-14-15)11-13-7-10-16-8-3-2-4-9-16/h5-6,13H,2-4,7-11H2,1H3. The number of aromatic nitrogens is 2. The molecule has 4 heteroatoms. The fraction of sp³-hybridized carbons (Fsp3) is 0.750. The van der Waals surface area contributed by atoms with Gasteiger partial charge in [-0.2, -0.15) is 5.10 Å². The Morgan fingerprint density at radius 3 is 2.81 bits per heavy atom. The van der Waals surface area contributed by atoms with Gasteiger partial charge in [-0.05, 0) is 32.0 Å². The van der Waals surface area contributed by atoms with Gasteiger partial charge in [0.05, 0.1) is 5.69 Å². The van der Waals surface area contributed by atoms with Crippen LogP contribution in [0.25, 0.3) is 0 Å². The Balaban J connectivity index is 1.59. The molecule has 0 saturated carbocycles. The van der Waals surface area contributed by atoms with Gasteiger partial charge in [-0.15, -0.1) is 0 Å². The zero-order chi connectivity index (χ0) is 11.2. The van der Waals surface area contributed by atoms with Gasteiger partial charge in [-0.1, -0.05) is 6.42 Å². The lowest BCUT2D eigenvalue weighted by Crippen LogP contribution is -2.35. The van der Waals surface area contributed by atoms with Crippen LogP contribution in [0, 0.1) is 0 Å². The lowest BCUT2D eigenvalue weighted by molar-refractivity contribution is 0.229. The third kappa shape index (κ3) is 3.32. The van der Waals surface area contributed by atoms with E-state index in [-0.39, 0.29) is 0 Å². The molecule has 1 saturated heterocycles. The van der Waals surface area contributed by atoms with Gasteiger partial charge in [0.25, 0.3) is 0 Å². The molecule has 1 aliphatic heterocycles. The van der Waals surface area contributed by atoms with Crippen LogP contribution in [0.1, 0.15) is 25.0 Å². The summed E-state index contributed by atoms with van der Waals surface area (Å²) in [5, 5.41) is 7.62. The fourth-order valence-electron chi connectivity index (χ4n) is 2.21. The van der Waals surface area contributed by atoms with Gasteiger partial charge >= 0.3 is 0 Å². The van der Waals surface area contributed by atoms with Gasteiger partial charge in [0.2, 0.25) is 0 Å². The van der Waals surface area contributed by atoms with E-state index in [2.05, 4.69) is 21.4 Å². The Morgan fingerprint density at radius 1 is 1.31 bits per heavy atom. The highest BCUT2D eigenvalue weighted by Gasteiger charge is 2.08. The van der Waals surface area contributed by atoms with Gasteiger partial charge < -0.3 is 10.2 Å². The van der Waals surface area contributed by atoms with Crippen molar-refractivity contribution in [2.24, 2.45) is 7.05 Å². The van der Waals surface area contributed by atoms with Crippen molar-refractivity contribution in [1.29, 1.82) is 0 Å². The maximum atomic E-state index is 4.15. The molecule has 0 atom stereocenters. The average Bonchev–Trinajstić information content (AvgIpc) is 2.72. The number of piperidine rings is 1. The van der Waals surface area contributed by atoms with Crippen LogP contribution in [0.2, 0.25) is 0 Å². The summed E-state index contributed by atoms with van der Waals surface area (Å²) in [6.07, 6.45) is 6.02. The third-order valence-corrected chi connectivity index (χ3v) is 3.28. The first kappa shape index (κ1) is 11.6. The summed E-state index contributed by atoms with van der Waals surface area (Å²) in [4.78, 5) is 2.56. The first-order chi connectivity index (χ1) is 7.86. The zero-order valence-electron chi connectivity index (χ0n) is 10.2. The molecule has 1 fully saturated rings. The maximum Gasteiger partial charge on any atom is 0.0518 e. The molecule has 1 aliphatic rings. The molecule has 2 rings (SSSR count).